The molecule has 1 aliphatic rings. The minimum Gasteiger partial charge on any atom is -0.494 e. The lowest BCUT2D eigenvalue weighted by atomic mass is 10.0. The Morgan fingerprint density at radius 2 is 1.88 bits per heavy atom. The van der Waals surface area contributed by atoms with Crippen molar-refractivity contribution in [2.45, 2.75) is 36.9 Å². The maximum Gasteiger partial charge on any atom is 0.238 e. The summed E-state index contributed by atoms with van der Waals surface area (Å²) >= 11 is 1.71. The van der Waals surface area contributed by atoms with Gasteiger partial charge in [-0.3, -0.25) is 4.79 Å². The molecule has 1 aliphatic heterocycles. The van der Waals surface area contributed by atoms with Gasteiger partial charge >= 0.3 is 0 Å². The highest BCUT2D eigenvalue weighted by molar-refractivity contribution is 7.98. The quantitative estimate of drug-likeness (QED) is 0.653. The Kier molecular flexibility index (Phi) is 6.55. The summed E-state index contributed by atoms with van der Waals surface area (Å²) in [5.74, 6) is 0.879. The van der Waals surface area contributed by atoms with Crippen molar-refractivity contribution in [3.8, 4) is 5.75 Å². The van der Waals surface area contributed by atoms with E-state index < -0.39 is 0 Å². The fourth-order valence-corrected chi connectivity index (χ4v) is 3.37. The first-order valence-electron chi connectivity index (χ1n) is 8.84. The zero-order chi connectivity index (χ0) is 18.4. The molecular formula is C20H25N3O2S. The molecule has 0 aromatic heterocycles. The fraction of sp³-hybridized carbons (Fsp3) is 0.350. The molecule has 1 amide bonds. The molecule has 3 N–H and O–H groups in total. The van der Waals surface area contributed by atoms with Crippen LogP contribution in [0.1, 0.15) is 30.5 Å². The number of hydrogen-bond donors (Lipinski definition) is 3. The van der Waals surface area contributed by atoms with Crippen LogP contribution in [0.5, 0.6) is 5.75 Å². The van der Waals surface area contributed by atoms with Crippen LogP contribution in [-0.4, -0.2) is 24.8 Å². The van der Waals surface area contributed by atoms with E-state index in [1.54, 1.807) is 11.8 Å². The molecule has 1 fully saturated rings. The smallest absolute Gasteiger partial charge is 0.238 e. The number of carbonyl (C=O) groups is 1. The van der Waals surface area contributed by atoms with E-state index in [-0.39, 0.29) is 18.0 Å². The zero-order valence-electron chi connectivity index (χ0n) is 15.1. The number of hydrazine groups is 1. The Balaban J connectivity index is 1.50. The topological polar surface area (TPSA) is 62.4 Å². The zero-order valence-corrected chi connectivity index (χ0v) is 15.9. The van der Waals surface area contributed by atoms with Crippen molar-refractivity contribution < 1.29 is 9.53 Å². The van der Waals surface area contributed by atoms with E-state index in [2.05, 4.69) is 46.7 Å². The van der Waals surface area contributed by atoms with Crippen LogP contribution < -0.4 is 20.9 Å². The fourth-order valence-electron chi connectivity index (χ4n) is 2.97. The Hall–Kier alpha value is -2.02. The van der Waals surface area contributed by atoms with Gasteiger partial charge in [-0.05, 0) is 55.0 Å². The van der Waals surface area contributed by atoms with Gasteiger partial charge in [-0.25, -0.2) is 10.9 Å². The number of rotatable bonds is 7. The molecule has 2 unspecified atom stereocenters. The molecule has 2 atom stereocenters. The summed E-state index contributed by atoms with van der Waals surface area (Å²) in [7, 11) is 0. The molecule has 0 aliphatic carbocycles. The Morgan fingerprint density at radius 1 is 1.15 bits per heavy atom. The third kappa shape index (κ3) is 4.78. The van der Waals surface area contributed by atoms with Crippen molar-refractivity contribution in [1.29, 1.82) is 0 Å². The van der Waals surface area contributed by atoms with E-state index >= 15 is 0 Å². The van der Waals surface area contributed by atoms with Crippen LogP contribution >= 0.6 is 11.8 Å². The molecule has 0 saturated carbocycles. The number of benzene rings is 2. The lowest BCUT2D eigenvalue weighted by Gasteiger charge is -2.11. The molecule has 0 radical (unpaired) electrons. The SMILES string of the molecule is CCOc1ccc(C2CC(C(=O)NCc3ccc(SC)cc3)NN2)cc1. The normalized spacial score (nSPS) is 19.3. The highest BCUT2D eigenvalue weighted by atomic mass is 32.2. The van der Waals surface area contributed by atoms with Crippen LogP contribution in [-0.2, 0) is 11.3 Å². The maximum absolute atomic E-state index is 12.4. The van der Waals surface area contributed by atoms with E-state index in [0.717, 1.165) is 16.9 Å². The predicted octanol–water partition coefficient (Wildman–Crippen LogP) is 3.03. The van der Waals surface area contributed by atoms with Crippen LogP contribution in [0.4, 0.5) is 0 Å². The third-order valence-corrected chi connectivity index (χ3v) is 5.18. The summed E-state index contributed by atoms with van der Waals surface area (Å²) in [6.07, 6.45) is 2.77. The standard InChI is InChI=1S/C20H25N3O2S/c1-3-25-16-8-6-15(7-9-16)18-12-19(23-22-18)20(24)21-13-14-4-10-17(26-2)11-5-14/h4-11,18-19,22-23H,3,12-13H2,1-2H3,(H,21,24). The molecule has 3 rings (SSSR count). The van der Waals surface area contributed by atoms with Gasteiger partial charge in [0.2, 0.25) is 5.91 Å². The lowest BCUT2D eigenvalue weighted by Crippen LogP contribution is -2.42. The number of hydrogen-bond acceptors (Lipinski definition) is 5. The van der Waals surface area contributed by atoms with Gasteiger partial charge in [0, 0.05) is 17.5 Å². The van der Waals surface area contributed by atoms with Crippen LogP contribution in [0.2, 0.25) is 0 Å². The van der Waals surface area contributed by atoms with Gasteiger partial charge in [-0.15, -0.1) is 11.8 Å². The highest BCUT2D eigenvalue weighted by Gasteiger charge is 2.29. The van der Waals surface area contributed by atoms with Gasteiger partial charge in [0.25, 0.3) is 0 Å². The van der Waals surface area contributed by atoms with Crippen molar-refractivity contribution in [1.82, 2.24) is 16.2 Å². The van der Waals surface area contributed by atoms with Gasteiger partial charge in [-0.1, -0.05) is 24.3 Å². The minimum absolute atomic E-state index is 0.0138. The van der Waals surface area contributed by atoms with Crippen molar-refractivity contribution >= 4 is 17.7 Å². The summed E-state index contributed by atoms with van der Waals surface area (Å²) in [5.41, 5.74) is 8.56. The number of nitrogens with one attached hydrogen (secondary N) is 3. The average Bonchev–Trinajstić information content (AvgIpc) is 3.18. The Morgan fingerprint density at radius 3 is 2.54 bits per heavy atom. The van der Waals surface area contributed by atoms with Gasteiger partial charge < -0.3 is 10.1 Å². The van der Waals surface area contributed by atoms with Crippen LogP contribution in [0.3, 0.4) is 0 Å². The molecule has 5 nitrogen and oxygen atoms in total. The van der Waals surface area contributed by atoms with Gasteiger partial charge in [0.05, 0.1) is 6.61 Å². The maximum atomic E-state index is 12.4. The monoisotopic (exact) mass is 371 g/mol. The van der Waals surface area contributed by atoms with Crippen LogP contribution in [0.15, 0.2) is 53.4 Å². The van der Waals surface area contributed by atoms with Gasteiger partial charge in [0.1, 0.15) is 11.8 Å². The average molecular weight is 372 g/mol. The number of thioether (sulfide) groups is 1. The van der Waals surface area contributed by atoms with Gasteiger partial charge in [-0.2, -0.15) is 0 Å². The minimum atomic E-state index is -0.239. The van der Waals surface area contributed by atoms with Crippen molar-refractivity contribution in [2.75, 3.05) is 12.9 Å². The summed E-state index contributed by atoms with van der Waals surface area (Å²) < 4.78 is 5.47. The molecule has 0 spiro atoms. The van der Waals surface area contributed by atoms with Crippen molar-refractivity contribution in [3.63, 3.8) is 0 Å². The first-order valence-corrected chi connectivity index (χ1v) is 10.1. The van der Waals surface area contributed by atoms with E-state index in [0.29, 0.717) is 19.6 Å². The summed E-state index contributed by atoms with van der Waals surface area (Å²) in [4.78, 5) is 13.6. The molecule has 138 valence electrons. The number of ether oxygens (including phenoxy) is 1. The van der Waals surface area contributed by atoms with Crippen molar-refractivity contribution in [3.05, 3.63) is 59.7 Å². The van der Waals surface area contributed by atoms with Gasteiger partial charge in [0.15, 0.2) is 0 Å². The second kappa shape index (κ2) is 9.07. The third-order valence-electron chi connectivity index (χ3n) is 4.44. The molecule has 6 heteroatoms. The van der Waals surface area contributed by atoms with E-state index in [1.807, 2.05) is 31.2 Å². The summed E-state index contributed by atoms with van der Waals surface area (Å²) in [6.45, 7) is 3.17. The predicted molar refractivity (Wildman–Crippen MR) is 105 cm³/mol. The molecular weight excluding hydrogens is 346 g/mol. The van der Waals surface area contributed by atoms with Crippen molar-refractivity contribution in [2.24, 2.45) is 0 Å². The molecule has 1 saturated heterocycles. The van der Waals surface area contributed by atoms with E-state index in [1.165, 1.54) is 4.90 Å². The molecule has 1 heterocycles. The second-order valence-corrected chi connectivity index (χ2v) is 7.08. The van der Waals surface area contributed by atoms with Crippen LogP contribution in [0, 0.1) is 0 Å². The molecule has 26 heavy (non-hydrogen) atoms. The summed E-state index contributed by atoms with van der Waals surface area (Å²) in [5, 5.41) is 3.01. The van der Waals surface area contributed by atoms with Crippen LogP contribution in [0.25, 0.3) is 0 Å². The summed E-state index contributed by atoms with van der Waals surface area (Å²) in [6, 6.07) is 16.1. The lowest BCUT2D eigenvalue weighted by molar-refractivity contribution is -0.123. The Labute approximate surface area is 158 Å². The highest BCUT2D eigenvalue weighted by Crippen LogP contribution is 2.24. The van der Waals surface area contributed by atoms with E-state index in [9.17, 15) is 4.79 Å². The largest absolute Gasteiger partial charge is 0.494 e. The first-order chi connectivity index (χ1) is 12.7. The Bertz CT molecular complexity index is 719. The number of amides is 1. The first kappa shape index (κ1) is 18.8. The second-order valence-electron chi connectivity index (χ2n) is 6.20. The van der Waals surface area contributed by atoms with E-state index in [4.69, 9.17) is 4.74 Å². The molecule has 2 aromatic carbocycles. The molecule has 0 bridgehead atoms. The number of carbonyl (C=O) groups excluding carboxylic acids is 1. The molecule has 2 aromatic rings.